The highest BCUT2D eigenvalue weighted by Gasteiger charge is 2.13. The molecule has 0 atom stereocenters. The van der Waals surface area contributed by atoms with Crippen LogP contribution in [0.2, 0.25) is 5.02 Å². The van der Waals surface area contributed by atoms with E-state index in [0.717, 1.165) is 5.56 Å². The summed E-state index contributed by atoms with van der Waals surface area (Å²) in [6.45, 7) is 1.58. The number of rotatable bonds is 6. The molecule has 0 aliphatic rings. The lowest BCUT2D eigenvalue weighted by atomic mass is 10.2. The first-order chi connectivity index (χ1) is 12.8. The molecule has 0 unspecified atom stereocenters. The Bertz CT molecular complexity index is 881. The number of amides is 3. The summed E-state index contributed by atoms with van der Waals surface area (Å²) < 4.78 is 5.23. The quantitative estimate of drug-likeness (QED) is 0.395. The highest BCUT2D eigenvalue weighted by atomic mass is 35.5. The molecule has 0 saturated carbocycles. The standard InChI is InChI=1S/C18H17ClN4O4/c1-11-2-5-14(6-3-11)22-17(25)18(26)23-21-9-12-8-13(19)4-7-15(12)27-10-16(20)24/h2-9H,10H2,1H3,(H2,20,24)(H,22,25)(H,23,26)/b21-9-. The first-order valence-electron chi connectivity index (χ1n) is 7.77. The van der Waals surface area contributed by atoms with Crippen LogP contribution in [0.15, 0.2) is 47.6 Å². The van der Waals surface area contributed by atoms with Crippen LogP contribution in [0.1, 0.15) is 11.1 Å². The van der Waals surface area contributed by atoms with Crippen molar-refractivity contribution in [3.63, 3.8) is 0 Å². The van der Waals surface area contributed by atoms with Crippen LogP contribution in [-0.2, 0) is 14.4 Å². The van der Waals surface area contributed by atoms with Gasteiger partial charge in [-0.3, -0.25) is 14.4 Å². The third-order valence-corrected chi connectivity index (χ3v) is 3.46. The molecule has 2 aromatic carbocycles. The molecule has 0 aromatic heterocycles. The lowest BCUT2D eigenvalue weighted by molar-refractivity contribution is -0.136. The number of carbonyl (C=O) groups excluding carboxylic acids is 3. The van der Waals surface area contributed by atoms with Crippen molar-refractivity contribution in [2.45, 2.75) is 6.92 Å². The maximum absolute atomic E-state index is 11.8. The van der Waals surface area contributed by atoms with E-state index in [0.29, 0.717) is 22.0 Å². The van der Waals surface area contributed by atoms with Crippen molar-refractivity contribution in [2.24, 2.45) is 10.8 Å². The minimum atomic E-state index is -0.951. The summed E-state index contributed by atoms with van der Waals surface area (Å²) in [5.41, 5.74) is 9.05. The lowest BCUT2D eigenvalue weighted by Gasteiger charge is -2.07. The fourth-order valence-corrected chi connectivity index (χ4v) is 2.12. The van der Waals surface area contributed by atoms with Gasteiger partial charge in [-0.1, -0.05) is 29.3 Å². The summed E-state index contributed by atoms with van der Waals surface area (Å²) in [5, 5.41) is 6.55. The maximum Gasteiger partial charge on any atom is 0.329 e. The molecule has 8 nitrogen and oxygen atoms in total. The van der Waals surface area contributed by atoms with Crippen molar-refractivity contribution < 1.29 is 19.1 Å². The molecule has 0 heterocycles. The summed E-state index contributed by atoms with van der Waals surface area (Å²) in [4.78, 5) is 34.5. The minimum absolute atomic E-state index is 0.292. The van der Waals surface area contributed by atoms with Crippen LogP contribution in [0.3, 0.4) is 0 Å². The number of anilines is 1. The summed E-state index contributed by atoms with van der Waals surface area (Å²) in [6.07, 6.45) is 1.24. The molecule has 4 N–H and O–H groups in total. The van der Waals surface area contributed by atoms with Crippen molar-refractivity contribution in [2.75, 3.05) is 11.9 Å². The third-order valence-electron chi connectivity index (χ3n) is 3.23. The lowest BCUT2D eigenvalue weighted by Crippen LogP contribution is -2.32. The highest BCUT2D eigenvalue weighted by molar-refractivity contribution is 6.39. The number of nitrogens with one attached hydrogen (secondary N) is 2. The van der Waals surface area contributed by atoms with E-state index >= 15 is 0 Å². The summed E-state index contributed by atoms with van der Waals surface area (Å²) in [6, 6.07) is 11.6. The van der Waals surface area contributed by atoms with Crippen molar-refractivity contribution in [1.29, 1.82) is 0 Å². The molecule has 2 aromatic rings. The molecule has 2 rings (SSSR count). The molecular weight excluding hydrogens is 372 g/mol. The van der Waals surface area contributed by atoms with E-state index in [4.69, 9.17) is 22.1 Å². The molecule has 0 aliphatic carbocycles. The van der Waals surface area contributed by atoms with Gasteiger partial charge in [-0.2, -0.15) is 5.10 Å². The van der Waals surface area contributed by atoms with Crippen molar-refractivity contribution in [1.82, 2.24) is 5.43 Å². The second-order valence-electron chi connectivity index (χ2n) is 5.46. The summed E-state index contributed by atoms with van der Waals surface area (Å²) in [7, 11) is 0. The number of aryl methyl sites for hydroxylation is 1. The summed E-state index contributed by atoms with van der Waals surface area (Å²) in [5.74, 6) is -2.17. The van der Waals surface area contributed by atoms with Gasteiger partial charge in [0.05, 0.1) is 6.21 Å². The van der Waals surface area contributed by atoms with E-state index in [1.54, 1.807) is 30.3 Å². The van der Waals surface area contributed by atoms with Crippen LogP contribution in [0.4, 0.5) is 5.69 Å². The van der Waals surface area contributed by atoms with Gasteiger partial charge in [0.25, 0.3) is 5.91 Å². The van der Waals surface area contributed by atoms with Gasteiger partial charge in [-0.25, -0.2) is 5.43 Å². The van der Waals surface area contributed by atoms with E-state index in [9.17, 15) is 14.4 Å². The van der Waals surface area contributed by atoms with E-state index < -0.39 is 17.7 Å². The van der Waals surface area contributed by atoms with Crippen LogP contribution in [0.5, 0.6) is 5.75 Å². The van der Waals surface area contributed by atoms with E-state index in [1.165, 1.54) is 18.3 Å². The molecule has 0 spiro atoms. The van der Waals surface area contributed by atoms with Gasteiger partial charge in [0, 0.05) is 16.3 Å². The van der Waals surface area contributed by atoms with Crippen molar-refractivity contribution in [3.05, 3.63) is 58.6 Å². The molecular formula is C18H17ClN4O4. The number of hydrazone groups is 1. The Kier molecular flexibility index (Phi) is 6.90. The van der Waals surface area contributed by atoms with Gasteiger partial charge >= 0.3 is 11.8 Å². The SMILES string of the molecule is Cc1ccc(NC(=O)C(=O)N/N=C\c2cc(Cl)ccc2OCC(N)=O)cc1. The number of halogens is 1. The predicted octanol–water partition coefficient (Wildman–Crippen LogP) is 1.60. The Morgan fingerprint density at radius 1 is 1.15 bits per heavy atom. The Labute approximate surface area is 160 Å². The molecule has 0 saturated heterocycles. The number of nitrogens with two attached hydrogens (primary N) is 1. The Hall–Kier alpha value is -3.39. The van der Waals surface area contributed by atoms with Gasteiger partial charge in [-0.15, -0.1) is 0 Å². The number of primary amides is 1. The fraction of sp³-hybridized carbons (Fsp3) is 0.111. The van der Waals surface area contributed by atoms with Gasteiger partial charge in [-0.05, 0) is 37.3 Å². The Morgan fingerprint density at radius 3 is 2.52 bits per heavy atom. The zero-order valence-electron chi connectivity index (χ0n) is 14.4. The van der Waals surface area contributed by atoms with Crippen molar-refractivity contribution in [3.8, 4) is 5.75 Å². The normalized spacial score (nSPS) is 10.4. The fourth-order valence-electron chi connectivity index (χ4n) is 1.94. The van der Waals surface area contributed by atoms with E-state index in [2.05, 4.69) is 15.8 Å². The van der Waals surface area contributed by atoms with Crippen LogP contribution >= 0.6 is 11.6 Å². The zero-order chi connectivity index (χ0) is 19.8. The average Bonchev–Trinajstić information content (AvgIpc) is 2.62. The monoisotopic (exact) mass is 388 g/mol. The summed E-state index contributed by atoms with van der Waals surface area (Å²) >= 11 is 5.91. The predicted molar refractivity (Wildman–Crippen MR) is 102 cm³/mol. The van der Waals surface area contributed by atoms with E-state index in [-0.39, 0.29) is 6.61 Å². The number of benzene rings is 2. The largest absolute Gasteiger partial charge is 0.483 e. The third kappa shape index (κ3) is 6.44. The molecule has 0 radical (unpaired) electrons. The topological polar surface area (TPSA) is 123 Å². The molecule has 3 amide bonds. The number of ether oxygens (including phenoxy) is 1. The molecule has 0 aliphatic heterocycles. The molecule has 0 bridgehead atoms. The molecule has 0 fully saturated rings. The number of hydrogen-bond acceptors (Lipinski definition) is 5. The smallest absolute Gasteiger partial charge is 0.329 e. The van der Waals surface area contributed by atoms with Gasteiger partial charge in [0.2, 0.25) is 0 Å². The number of nitrogens with zero attached hydrogens (tertiary/aromatic N) is 1. The molecule has 9 heteroatoms. The van der Waals surface area contributed by atoms with Crippen LogP contribution in [0, 0.1) is 6.92 Å². The van der Waals surface area contributed by atoms with Crippen LogP contribution in [-0.4, -0.2) is 30.5 Å². The average molecular weight is 389 g/mol. The first kappa shape index (κ1) is 19.9. The van der Waals surface area contributed by atoms with Crippen LogP contribution < -0.4 is 21.2 Å². The second kappa shape index (κ2) is 9.35. The van der Waals surface area contributed by atoms with Gasteiger partial charge in [0.15, 0.2) is 6.61 Å². The second-order valence-corrected chi connectivity index (χ2v) is 5.89. The zero-order valence-corrected chi connectivity index (χ0v) is 15.1. The number of carbonyl (C=O) groups is 3. The highest BCUT2D eigenvalue weighted by Crippen LogP contribution is 2.21. The van der Waals surface area contributed by atoms with Gasteiger partial charge in [0.1, 0.15) is 5.75 Å². The first-order valence-corrected chi connectivity index (χ1v) is 8.14. The van der Waals surface area contributed by atoms with Crippen molar-refractivity contribution >= 4 is 41.2 Å². The van der Waals surface area contributed by atoms with E-state index in [1.807, 2.05) is 6.92 Å². The van der Waals surface area contributed by atoms with Gasteiger partial charge < -0.3 is 15.8 Å². The Balaban J connectivity index is 1.98. The molecule has 140 valence electrons. The molecule has 27 heavy (non-hydrogen) atoms. The maximum atomic E-state index is 11.8. The number of hydrogen-bond donors (Lipinski definition) is 3. The minimum Gasteiger partial charge on any atom is -0.483 e. The Morgan fingerprint density at radius 2 is 1.85 bits per heavy atom. The van der Waals surface area contributed by atoms with Crippen LogP contribution in [0.25, 0.3) is 0 Å².